The fraction of sp³-hybridized carbons (Fsp3) is 0.619. The van der Waals surface area contributed by atoms with E-state index in [1.807, 2.05) is 32.1 Å². The molecule has 0 aliphatic heterocycles. The lowest BCUT2D eigenvalue weighted by Gasteiger charge is -2.31. The first-order chi connectivity index (χ1) is 12.4. The number of amides is 2. The van der Waals surface area contributed by atoms with Crippen LogP contribution >= 0.6 is 0 Å². The van der Waals surface area contributed by atoms with E-state index < -0.39 is 0 Å². The Kier molecular flexibility index (Phi) is 5.84. The number of hydrogen-bond acceptors (Lipinski definition) is 3. The molecule has 142 valence electrons. The second-order valence-electron chi connectivity index (χ2n) is 8.09. The van der Waals surface area contributed by atoms with Gasteiger partial charge in [-0.1, -0.05) is 12.1 Å². The first-order valence-electron chi connectivity index (χ1n) is 9.75. The molecule has 0 atom stereocenters. The van der Waals surface area contributed by atoms with Crippen LogP contribution in [0, 0.1) is 11.8 Å². The molecule has 2 saturated carbocycles. The smallest absolute Gasteiger partial charge is 0.225 e. The largest absolute Gasteiger partial charge is 0.378 e. The first-order valence-corrected chi connectivity index (χ1v) is 9.75. The molecule has 0 radical (unpaired) electrons. The van der Waals surface area contributed by atoms with Crippen LogP contribution in [-0.4, -0.2) is 43.9 Å². The molecule has 5 heteroatoms. The number of nitrogens with zero attached hydrogens (tertiary/aromatic N) is 2. The van der Waals surface area contributed by atoms with Crippen LogP contribution in [-0.2, 0) is 16.1 Å². The Morgan fingerprint density at radius 3 is 2.27 bits per heavy atom. The van der Waals surface area contributed by atoms with Gasteiger partial charge in [-0.2, -0.15) is 0 Å². The molecule has 0 unspecified atom stereocenters. The minimum absolute atomic E-state index is 0.0890. The fourth-order valence-corrected chi connectivity index (χ4v) is 3.75. The highest BCUT2D eigenvalue weighted by molar-refractivity contribution is 5.81. The molecular formula is C21H31N3O2. The topological polar surface area (TPSA) is 52.6 Å². The van der Waals surface area contributed by atoms with E-state index in [1.54, 1.807) is 0 Å². The molecule has 0 spiro atoms. The Morgan fingerprint density at radius 1 is 1.00 bits per heavy atom. The van der Waals surface area contributed by atoms with E-state index in [2.05, 4.69) is 28.4 Å². The third kappa shape index (κ3) is 4.77. The Bertz CT molecular complexity index is 646. The van der Waals surface area contributed by atoms with Gasteiger partial charge in [-0.05, 0) is 56.2 Å². The Balaban J connectivity index is 1.48. The summed E-state index contributed by atoms with van der Waals surface area (Å²) >= 11 is 0. The summed E-state index contributed by atoms with van der Waals surface area (Å²) in [5, 5.41) is 3.16. The average molecular weight is 357 g/mol. The van der Waals surface area contributed by atoms with E-state index in [0.29, 0.717) is 6.54 Å². The highest BCUT2D eigenvalue weighted by atomic mass is 16.2. The molecule has 3 rings (SSSR count). The van der Waals surface area contributed by atoms with Crippen molar-refractivity contribution in [2.75, 3.05) is 26.0 Å². The summed E-state index contributed by atoms with van der Waals surface area (Å²) in [6.07, 6.45) is 5.66. The normalized spacial score (nSPS) is 22.6. The second kappa shape index (κ2) is 8.11. The number of nitrogens with one attached hydrogen (secondary N) is 1. The van der Waals surface area contributed by atoms with Crippen molar-refractivity contribution >= 4 is 17.5 Å². The Labute approximate surface area is 156 Å². The van der Waals surface area contributed by atoms with Crippen molar-refractivity contribution in [3.63, 3.8) is 0 Å². The van der Waals surface area contributed by atoms with Gasteiger partial charge >= 0.3 is 0 Å². The highest BCUT2D eigenvalue weighted by Crippen LogP contribution is 2.31. The number of benzene rings is 1. The summed E-state index contributed by atoms with van der Waals surface area (Å²) in [7, 11) is 5.94. The summed E-state index contributed by atoms with van der Waals surface area (Å²) in [4.78, 5) is 28.6. The predicted octanol–water partition coefficient (Wildman–Crippen LogP) is 2.80. The van der Waals surface area contributed by atoms with E-state index in [0.717, 1.165) is 49.8 Å². The minimum Gasteiger partial charge on any atom is -0.378 e. The SMILES string of the molecule is CN(Cc1cccc(N(C)C)c1)C(=O)C1CCC(NC(=O)C2CC2)CC1. The standard InChI is InChI=1S/C21H31N3O2/c1-23(2)19-6-4-5-15(13-19)14-24(3)21(26)17-9-11-18(12-10-17)22-20(25)16-7-8-16/h4-6,13,16-18H,7-12,14H2,1-3H3,(H,22,25). The van der Waals surface area contributed by atoms with Crippen LogP contribution in [0.1, 0.15) is 44.1 Å². The summed E-state index contributed by atoms with van der Waals surface area (Å²) in [5.41, 5.74) is 2.30. The molecule has 0 heterocycles. The van der Waals surface area contributed by atoms with E-state index in [4.69, 9.17) is 0 Å². The lowest BCUT2D eigenvalue weighted by atomic mass is 9.85. The fourth-order valence-electron chi connectivity index (χ4n) is 3.75. The first kappa shape index (κ1) is 18.7. The molecule has 0 bridgehead atoms. The zero-order valence-electron chi connectivity index (χ0n) is 16.2. The van der Waals surface area contributed by atoms with Crippen molar-refractivity contribution in [3.05, 3.63) is 29.8 Å². The Hall–Kier alpha value is -2.04. The van der Waals surface area contributed by atoms with E-state index >= 15 is 0 Å². The van der Waals surface area contributed by atoms with E-state index in [-0.39, 0.29) is 29.7 Å². The monoisotopic (exact) mass is 357 g/mol. The van der Waals surface area contributed by atoms with Gasteiger partial charge in [-0.25, -0.2) is 0 Å². The maximum atomic E-state index is 12.8. The van der Waals surface area contributed by atoms with Gasteiger partial charge in [0.1, 0.15) is 0 Å². The van der Waals surface area contributed by atoms with Crippen molar-refractivity contribution in [2.24, 2.45) is 11.8 Å². The van der Waals surface area contributed by atoms with Crippen LogP contribution in [0.3, 0.4) is 0 Å². The van der Waals surface area contributed by atoms with Crippen LogP contribution < -0.4 is 10.2 Å². The zero-order valence-corrected chi connectivity index (χ0v) is 16.2. The lowest BCUT2D eigenvalue weighted by Crippen LogP contribution is -2.41. The van der Waals surface area contributed by atoms with E-state index in [1.165, 1.54) is 0 Å². The van der Waals surface area contributed by atoms with Crippen LogP contribution in [0.2, 0.25) is 0 Å². The van der Waals surface area contributed by atoms with Gasteiger partial charge in [0.15, 0.2) is 0 Å². The molecule has 26 heavy (non-hydrogen) atoms. The number of rotatable bonds is 6. The predicted molar refractivity (Wildman–Crippen MR) is 104 cm³/mol. The summed E-state index contributed by atoms with van der Waals surface area (Å²) < 4.78 is 0. The van der Waals surface area contributed by atoms with Crippen LogP contribution in [0.15, 0.2) is 24.3 Å². The summed E-state index contributed by atoms with van der Waals surface area (Å²) in [5.74, 6) is 0.800. The number of hydrogen-bond donors (Lipinski definition) is 1. The maximum absolute atomic E-state index is 12.8. The lowest BCUT2D eigenvalue weighted by molar-refractivity contribution is -0.135. The van der Waals surface area contributed by atoms with Crippen molar-refractivity contribution in [1.82, 2.24) is 10.2 Å². The van der Waals surface area contributed by atoms with Gasteiger partial charge < -0.3 is 15.1 Å². The van der Waals surface area contributed by atoms with Gasteiger partial charge in [0.2, 0.25) is 11.8 Å². The molecule has 5 nitrogen and oxygen atoms in total. The van der Waals surface area contributed by atoms with Gasteiger partial charge in [0.25, 0.3) is 0 Å². The molecule has 1 aromatic carbocycles. The van der Waals surface area contributed by atoms with Gasteiger partial charge in [0.05, 0.1) is 0 Å². The van der Waals surface area contributed by atoms with Crippen LogP contribution in [0.4, 0.5) is 5.69 Å². The molecule has 1 N–H and O–H groups in total. The highest BCUT2D eigenvalue weighted by Gasteiger charge is 2.33. The quantitative estimate of drug-likeness (QED) is 0.852. The summed E-state index contributed by atoms with van der Waals surface area (Å²) in [6, 6.07) is 8.57. The third-order valence-corrected chi connectivity index (χ3v) is 5.59. The number of carbonyl (C=O) groups excluding carboxylic acids is 2. The molecule has 0 saturated heterocycles. The number of anilines is 1. The maximum Gasteiger partial charge on any atom is 0.225 e. The molecule has 0 aromatic heterocycles. The van der Waals surface area contributed by atoms with Crippen molar-refractivity contribution in [2.45, 2.75) is 51.1 Å². The van der Waals surface area contributed by atoms with Crippen molar-refractivity contribution in [3.8, 4) is 0 Å². The zero-order chi connectivity index (χ0) is 18.7. The molecule has 2 amide bonds. The average Bonchev–Trinajstić information content (AvgIpc) is 3.47. The van der Waals surface area contributed by atoms with Crippen LogP contribution in [0.25, 0.3) is 0 Å². The second-order valence-corrected chi connectivity index (χ2v) is 8.09. The van der Waals surface area contributed by atoms with Crippen LogP contribution in [0.5, 0.6) is 0 Å². The van der Waals surface area contributed by atoms with Gasteiger partial charge in [-0.15, -0.1) is 0 Å². The van der Waals surface area contributed by atoms with Gasteiger partial charge in [0, 0.05) is 51.3 Å². The molecule has 1 aromatic rings. The van der Waals surface area contributed by atoms with Crippen molar-refractivity contribution in [1.29, 1.82) is 0 Å². The molecular weight excluding hydrogens is 326 g/mol. The Morgan fingerprint density at radius 2 is 1.65 bits per heavy atom. The molecule has 2 fully saturated rings. The van der Waals surface area contributed by atoms with Gasteiger partial charge in [-0.3, -0.25) is 9.59 Å². The van der Waals surface area contributed by atoms with Crippen molar-refractivity contribution < 1.29 is 9.59 Å². The molecule has 2 aliphatic carbocycles. The third-order valence-electron chi connectivity index (χ3n) is 5.59. The summed E-state index contributed by atoms with van der Waals surface area (Å²) in [6.45, 7) is 0.638. The minimum atomic E-state index is 0.0890. The number of carbonyl (C=O) groups is 2. The molecule has 2 aliphatic rings. The van der Waals surface area contributed by atoms with E-state index in [9.17, 15) is 9.59 Å².